The van der Waals surface area contributed by atoms with Crippen LogP contribution in [0.5, 0.6) is 0 Å². The number of aromatic carboxylic acids is 1. The highest BCUT2D eigenvalue weighted by Gasteiger charge is 2.15. The molecule has 3 aromatic rings. The van der Waals surface area contributed by atoms with Crippen molar-refractivity contribution in [1.29, 1.82) is 0 Å². The molecule has 0 unspecified atom stereocenters. The monoisotopic (exact) mass is 468 g/mol. The molecule has 0 bridgehead atoms. The van der Waals surface area contributed by atoms with Gasteiger partial charge in [0, 0.05) is 17.1 Å². The first-order chi connectivity index (χ1) is 14.0. The van der Waals surface area contributed by atoms with Crippen LogP contribution in [-0.4, -0.2) is 29.5 Å². The summed E-state index contributed by atoms with van der Waals surface area (Å²) in [4.78, 5) is 18.6. The maximum absolute atomic E-state index is 12.1. The molecule has 8 nitrogen and oxygen atoms in total. The van der Waals surface area contributed by atoms with Gasteiger partial charge in [-0.2, -0.15) is 0 Å². The number of benzene rings is 2. The highest BCUT2D eigenvalue weighted by Crippen LogP contribution is 2.22. The maximum Gasteiger partial charge on any atom is 0.335 e. The van der Waals surface area contributed by atoms with Gasteiger partial charge in [-0.15, -0.1) is 0 Å². The number of carbonyl (C=O) groups is 1. The van der Waals surface area contributed by atoms with Crippen molar-refractivity contribution >= 4 is 50.8 Å². The van der Waals surface area contributed by atoms with Crippen molar-refractivity contribution in [3.63, 3.8) is 0 Å². The molecule has 2 aromatic carbocycles. The lowest BCUT2D eigenvalue weighted by Crippen LogP contribution is -2.15. The van der Waals surface area contributed by atoms with Gasteiger partial charge in [-0.05, 0) is 62.4 Å². The fraction of sp³-hybridized carbons (Fsp3) is 0.105. The zero-order valence-corrected chi connectivity index (χ0v) is 18.3. The van der Waals surface area contributed by atoms with Crippen LogP contribution in [-0.2, 0) is 10.0 Å². The molecule has 0 aliphatic heterocycles. The third kappa shape index (κ3) is 6.58. The Morgan fingerprint density at radius 2 is 1.53 bits per heavy atom. The Balaban J connectivity index is 0.000000248. The number of nitrogen functional groups attached to an aromatic ring is 1. The van der Waals surface area contributed by atoms with Gasteiger partial charge < -0.3 is 10.8 Å². The largest absolute Gasteiger partial charge is 0.478 e. The average molecular weight is 469 g/mol. The van der Waals surface area contributed by atoms with Crippen molar-refractivity contribution in [2.45, 2.75) is 18.7 Å². The van der Waals surface area contributed by atoms with Crippen molar-refractivity contribution in [2.24, 2.45) is 0 Å². The van der Waals surface area contributed by atoms with E-state index in [0.717, 1.165) is 0 Å². The predicted octanol–water partition coefficient (Wildman–Crippen LogP) is 4.17. The molecule has 0 aliphatic carbocycles. The van der Waals surface area contributed by atoms with Crippen LogP contribution in [0.25, 0.3) is 0 Å². The summed E-state index contributed by atoms with van der Waals surface area (Å²) in [5.74, 6) is -0.946. The first-order valence-corrected chi connectivity index (χ1v) is 10.6. The molecule has 4 N–H and O–H groups in total. The molecule has 0 fully saturated rings. The summed E-state index contributed by atoms with van der Waals surface area (Å²) < 4.78 is 26.6. The Labute approximate surface area is 183 Å². The summed E-state index contributed by atoms with van der Waals surface area (Å²) in [6.07, 6.45) is 0. The number of anilines is 2. The second-order valence-electron chi connectivity index (χ2n) is 6.08. The topological polar surface area (TPSA) is 135 Å². The molecule has 1 heterocycles. The number of carboxylic acid groups (broad SMARTS) is 1. The Hall–Kier alpha value is -2.88. The molecule has 0 saturated carbocycles. The molecule has 11 heteroatoms. The number of hydrogen-bond donors (Lipinski definition) is 3. The number of aromatic nitrogens is 2. The van der Waals surface area contributed by atoms with E-state index in [2.05, 4.69) is 14.7 Å². The van der Waals surface area contributed by atoms with E-state index >= 15 is 0 Å². The summed E-state index contributed by atoms with van der Waals surface area (Å²) in [5.41, 5.74) is 7.56. The molecule has 0 saturated heterocycles. The minimum Gasteiger partial charge on any atom is -0.478 e. The van der Waals surface area contributed by atoms with Crippen LogP contribution in [0.3, 0.4) is 0 Å². The van der Waals surface area contributed by atoms with Crippen molar-refractivity contribution in [1.82, 2.24) is 9.97 Å². The molecular weight excluding hydrogens is 451 g/mol. The number of carboxylic acids is 1. The molecule has 3 rings (SSSR count). The lowest BCUT2D eigenvalue weighted by Gasteiger charge is -2.08. The summed E-state index contributed by atoms with van der Waals surface area (Å²) in [5, 5.41) is 9.11. The molecule has 0 aliphatic rings. The summed E-state index contributed by atoms with van der Waals surface area (Å²) in [6.45, 7) is 3.55. The van der Waals surface area contributed by atoms with E-state index in [9.17, 15) is 13.2 Å². The van der Waals surface area contributed by atoms with E-state index in [0.29, 0.717) is 22.1 Å². The van der Waals surface area contributed by atoms with Gasteiger partial charge in [0.2, 0.25) is 5.95 Å². The smallest absolute Gasteiger partial charge is 0.335 e. The van der Waals surface area contributed by atoms with Crippen LogP contribution in [0.15, 0.2) is 53.4 Å². The third-order valence-corrected chi connectivity index (χ3v) is 5.65. The van der Waals surface area contributed by atoms with Crippen LogP contribution in [0.2, 0.25) is 10.0 Å². The van der Waals surface area contributed by atoms with E-state index in [1.54, 1.807) is 19.9 Å². The van der Waals surface area contributed by atoms with Gasteiger partial charge >= 0.3 is 5.97 Å². The van der Waals surface area contributed by atoms with Gasteiger partial charge in [0.1, 0.15) is 0 Å². The molecule has 0 amide bonds. The van der Waals surface area contributed by atoms with E-state index in [-0.39, 0.29) is 21.4 Å². The van der Waals surface area contributed by atoms with Crippen LogP contribution in [0.4, 0.5) is 11.6 Å². The predicted molar refractivity (Wildman–Crippen MR) is 117 cm³/mol. The third-order valence-electron chi connectivity index (χ3n) is 3.56. The van der Waals surface area contributed by atoms with Gasteiger partial charge in [0.15, 0.2) is 0 Å². The van der Waals surface area contributed by atoms with Gasteiger partial charge in [-0.25, -0.2) is 27.9 Å². The van der Waals surface area contributed by atoms with Gasteiger partial charge in [-0.1, -0.05) is 23.2 Å². The fourth-order valence-electron chi connectivity index (χ4n) is 2.23. The first kappa shape index (κ1) is 23.4. The molecule has 30 heavy (non-hydrogen) atoms. The number of sulfonamides is 1. The first-order valence-electron chi connectivity index (χ1n) is 8.37. The highest BCUT2D eigenvalue weighted by molar-refractivity contribution is 7.92. The lowest BCUT2D eigenvalue weighted by atomic mass is 10.2. The van der Waals surface area contributed by atoms with E-state index in [1.807, 2.05) is 0 Å². The highest BCUT2D eigenvalue weighted by atomic mass is 35.5. The van der Waals surface area contributed by atoms with Gasteiger partial charge in [0.25, 0.3) is 10.0 Å². The van der Waals surface area contributed by atoms with Crippen molar-refractivity contribution in [3.05, 3.63) is 75.5 Å². The standard InChI is InChI=1S/C12H14N4O2S.C7H4Cl2O2/c1-8-7-9(2)15-12(14-8)16-19(17,18)11-5-3-10(13)4-6-11;8-5-2-1-4(7(10)11)3-6(5)9/h3-7H,13H2,1-2H3,(H,14,15,16);1-3H,(H,10,11). The molecule has 158 valence electrons. The quantitative estimate of drug-likeness (QED) is 0.488. The normalized spacial score (nSPS) is 10.7. The Bertz CT molecular complexity index is 1150. The lowest BCUT2D eigenvalue weighted by molar-refractivity contribution is 0.0697. The van der Waals surface area contributed by atoms with Crippen LogP contribution in [0.1, 0.15) is 21.7 Å². The van der Waals surface area contributed by atoms with E-state index in [1.165, 1.54) is 42.5 Å². The number of nitrogens with zero attached hydrogens (tertiary/aromatic N) is 2. The van der Waals surface area contributed by atoms with Crippen LogP contribution < -0.4 is 10.5 Å². The minimum atomic E-state index is -3.69. The van der Waals surface area contributed by atoms with Crippen LogP contribution >= 0.6 is 23.2 Å². The van der Waals surface area contributed by atoms with E-state index in [4.69, 9.17) is 34.0 Å². The van der Waals surface area contributed by atoms with E-state index < -0.39 is 16.0 Å². The number of rotatable bonds is 4. The number of halogens is 2. The van der Waals surface area contributed by atoms with Gasteiger partial charge in [-0.3, -0.25) is 0 Å². The Morgan fingerprint density at radius 1 is 0.967 bits per heavy atom. The number of nitrogens with two attached hydrogens (primary N) is 1. The second-order valence-corrected chi connectivity index (χ2v) is 8.58. The molecule has 0 radical (unpaired) electrons. The second kappa shape index (κ2) is 9.75. The fourth-order valence-corrected chi connectivity index (χ4v) is 3.47. The molecular formula is C19H18Cl2N4O4S. The number of hydrogen-bond acceptors (Lipinski definition) is 6. The SMILES string of the molecule is Cc1cc(C)nc(NS(=O)(=O)c2ccc(N)cc2)n1.O=C(O)c1ccc(Cl)c(Cl)c1. The number of nitrogens with one attached hydrogen (secondary N) is 1. The van der Waals surface area contributed by atoms with Crippen molar-refractivity contribution in [2.75, 3.05) is 10.5 Å². The zero-order chi connectivity index (χ0) is 22.5. The molecule has 1 aromatic heterocycles. The zero-order valence-electron chi connectivity index (χ0n) is 15.9. The Morgan fingerprint density at radius 3 is 2.03 bits per heavy atom. The van der Waals surface area contributed by atoms with Crippen molar-refractivity contribution < 1.29 is 18.3 Å². The summed E-state index contributed by atoms with van der Waals surface area (Å²) >= 11 is 11.1. The Kier molecular flexibility index (Phi) is 7.60. The number of aryl methyl sites for hydroxylation is 2. The van der Waals surface area contributed by atoms with Gasteiger partial charge in [0.05, 0.1) is 20.5 Å². The molecule has 0 atom stereocenters. The average Bonchev–Trinajstić information content (AvgIpc) is 2.63. The minimum absolute atomic E-state index is 0.0642. The summed E-state index contributed by atoms with van der Waals surface area (Å²) in [7, 11) is -3.69. The maximum atomic E-state index is 12.1. The van der Waals surface area contributed by atoms with Crippen LogP contribution in [0, 0.1) is 13.8 Å². The molecule has 0 spiro atoms. The van der Waals surface area contributed by atoms with Crippen molar-refractivity contribution in [3.8, 4) is 0 Å². The summed E-state index contributed by atoms with van der Waals surface area (Å²) in [6, 6.07) is 11.8.